The molecule has 0 spiro atoms. The van der Waals surface area contributed by atoms with Gasteiger partial charge in [0.1, 0.15) is 5.82 Å². The van der Waals surface area contributed by atoms with E-state index in [1.54, 1.807) is 0 Å². The largest absolute Gasteiger partial charge is 0.218 e. The summed E-state index contributed by atoms with van der Waals surface area (Å²) in [5.41, 5.74) is 0.954. The normalized spacial score (nSPS) is 11.1. The molecule has 1 aromatic carbocycles. The van der Waals surface area contributed by atoms with Gasteiger partial charge in [0.25, 0.3) is 0 Å². The van der Waals surface area contributed by atoms with E-state index in [1.165, 1.54) is 0 Å². The molecule has 0 unspecified atom stereocenters. The number of hydrogen-bond acceptors (Lipinski definition) is 5. The van der Waals surface area contributed by atoms with Gasteiger partial charge in [-0.2, -0.15) is 17.7 Å². The summed E-state index contributed by atoms with van der Waals surface area (Å²) < 4.78 is 0. The fraction of sp³-hybridized carbons (Fsp3) is 0.0909. The molecule has 0 fully saturated rings. The van der Waals surface area contributed by atoms with Crippen molar-refractivity contribution in [2.75, 3.05) is 0 Å². The maximum Gasteiger partial charge on any atom is 0.161 e. The van der Waals surface area contributed by atoms with Crippen LogP contribution in [-0.2, 0) is 5.75 Å². The van der Waals surface area contributed by atoms with Crippen molar-refractivity contribution in [3.63, 3.8) is 0 Å². The molecular formula is C11H8Cl2N4S. The Morgan fingerprint density at radius 2 is 1.61 bits per heavy atom. The lowest BCUT2D eigenvalue weighted by atomic mass is 10.3. The Morgan fingerprint density at radius 1 is 1.00 bits per heavy atom. The zero-order valence-corrected chi connectivity index (χ0v) is 11.5. The zero-order chi connectivity index (χ0) is 13.0. The van der Waals surface area contributed by atoms with Crippen LogP contribution >= 0.6 is 35.8 Å². The molecule has 1 aromatic heterocycles. The van der Waals surface area contributed by atoms with E-state index in [-0.39, 0.29) is 16.0 Å². The average Bonchev–Trinajstić information content (AvgIpc) is 2.38. The van der Waals surface area contributed by atoms with Crippen LogP contribution in [0.4, 0.5) is 11.4 Å². The third kappa shape index (κ3) is 3.19. The average molecular weight is 299 g/mol. The minimum absolute atomic E-state index is 0.165. The molecule has 0 N–H and O–H groups in total. The van der Waals surface area contributed by atoms with Gasteiger partial charge in [-0.3, -0.25) is 0 Å². The lowest BCUT2D eigenvalue weighted by Gasteiger charge is -2.01. The monoisotopic (exact) mass is 298 g/mol. The summed E-state index contributed by atoms with van der Waals surface area (Å²) in [4.78, 5) is 8.01. The molecule has 0 saturated heterocycles. The summed E-state index contributed by atoms with van der Waals surface area (Å²) >= 11 is 16.0. The molecule has 7 heteroatoms. The summed E-state index contributed by atoms with van der Waals surface area (Å²) in [6.45, 7) is 0. The topological polar surface area (TPSA) is 50.5 Å². The van der Waals surface area contributed by atoms with Gasteiger partial charge >= 0.3 is 0 Å². The van der Waals surface area contributed by atoms with Gasteiger partial charge < -0.3 is 0 Å². The molecule has 0 aliphatic carbocycles. The number of halogens is 2. The van der Waals surface area contributed by atoms with E-state index in [1.807, 2.05) is 30.3 Å². The van der Waals surface area contributed by atoms with Gasteiger partial charge in [-0.25, -0.2) is 9.97 Å². The first kappa shape index (κ1) is 13.3. The van der Waals surface area contributed by atoms with Crippen LogP contribution in [0.25, 0.3) is 0 Å². The van der Waals surface area contributed by atoms with Crippen LogP contribution in [0.2, 0.25) is 10.3 Å². The van der Waals surface area contributed by atoms with Crippen molar-refractivity contribution in [1.29, 1.82) is 0 Å². The highest BCUT2D eigenvalue weighted by Crippen LogP contribution is 2.31. The van der Waals surface area contributed by atoms with E-state index in [0.29, 0.717) is 17.3 Å². The fourth-order valence-electron chi connectivity index (χ4n) is 1.20. The number of azo groups is 1. The van der Waals surface area contributed by atoms with Crippen LogP contribution in [0.5, 0.6) is 0 Å². The molecule has 4 nitrogen and oxygen atoms in total. The molecule has 0 saturated carbocycles. The van der Waals surface area contributed by atoms with Crippen molar-refractivity contribution in [2.24, 2.45) is 10.2 Å². The van der Waals surface area contributed by atoms with Gasteiger partial charge in [0.15, 0.2) is 16.0 Å². The fourth-order valence-corrected chi connectivity index (χ4v) is 1.84. The summed E-state index contributed by atoms with van der Waals surface area (Å²) in [5.74, 6) is 0.808. The van der Waals surface area contributed by atoms with Gasteiger partial charge in [0.2, 0.25) is 0 Å². The summed E-state index contributed by atoms with van der Waals surface area (Å²) in [5, 5.41) is 8.30. The predicted octanol–water partition coefficient (Wildman–Crippen LogP) is 4.63. The second-order valence-electron chi connectivity index (χ2n) is 3.26. The number of hydrogen-bond donors (Lipinski definition) is 1. The highest BCUT2D eigenvalue weighted by molar-refractivity contribution is 7.79. The van der Waals surface area contributed by atoms with Crippen LogP contribution in [0.3, 0.4) is 0 Å². The first-order chi connectivity index (χ1) is 8.70. The van der Waals surface area contributed by atoms with Gasteiger partial charge in [0.05, 0.1) is 11.4 Å². The van der Waals surface area contributed by atoms with Crippen molar-refractivity contribution in [2.45, 2.75) is 5.75 Å². The second kappa shape index (κ2) is 6.13. The van der Waals surface area contributed by atoms with E-state index in [9.17, 15) is 0 Å². The summed E-state index contributed by atoms with van der Waals surface area (Å²) in [6, 6.07) is 9.24. The molecule has 0 aliphatic rings. The third-order valence-corrected chi connectivity index (χ3v) is 2.82. The molecule has 18 heavy (non-hydrogen) atoms. The number of thiol groups is 1. The number of benzene rings is 1. The Morgan fingerprint density at radius 3 is 2.17 bits per heavy atom. The Labute approximate surface area is 120 Å². The van der Waals surface area contributed by atoms with Crippen LogP contribution < -0.4 is 0 Å². The van der Waals surface area contributed by atoms with Crippen molar-refractivity contribution in [3.8, 4) is 0 Å². The molecule has 0 bridgehead atoms. The molecular weight excluding hydrogens is 291 g/mol. The third-order valence-electron chi connectivity index (χ3n) is 2.01. The smallest absolute Gasteiger partial charge is 0.161 e. The van der Waals surface area contributed by atoms with E-state index in [4.69, 9.17) is 23.2 Å². The van der Waals surface area contributed by atoms with E-state index in [0.717, 1.165) is 0 Å². The molecule has 0 radical (unpaired) electrons. The Kier molecular flexibility index (Phi) is 4.52. The Hall–Kier alpha value is -1.17. The highest BCUT2D eigenvalue weighted by atomic mass is 35.5. The molecule has 92 valence electrons. The lowest BCUT2D eigenvalue weighted by molar-refractivity contribution is 1.02. The quantitative estimate of drug-likeness (QED) is 0.510. The Balaban J connectivity index is 2.32. The SMILES string of the molecule is SCc1nc(Cl)c(/N=N/c2ccccc2)c(Cl)n1. The lowest BCUT2D eigenvalue weighted by Crippen LogP contribution is -1.92. The van der Waals surface area contributed by atoms with E-state index < -0.39 is 0 Å². The van der Waals surface area contributed by atoms with Crippen molar-refractivity contribution >= 4 is 47.2 Å². The van der Waals surface area contributed by atoms with E-state index in [2.05, 4.69) is 32.8 Å². The maximum atomic E-state index is 5.96. The van der Waals surface area contributed by atoms with E-state index >= 15 is 0 Å². The van der Waals surface area contributed by atoms with Crippen molar-refractivity contribution in [3.05, 3.63) is 46.5 Å². The zero-order valence-electron chi connectivity index (χ0n) is 9.09. The minimum Gasteiger partial charge on any atom is -0.218 e. The molecule has 0 aliphatic heterocycles. The maximum absolute atomic E-state index is 5.96. The minimum atomic E-state index is 0.165. The van der Waals surface area contributed by atoms with Crippen LogP contribution in [0.15, 0.2) is 40.6 Å². The molecule has 0 amide bonds. The number of nitrogens with zero attached hydrogens (tertiary/aromatic N) is 4. The number of rotatable bonds is 3. The predicted molar refractivity (Wildman–Crippen MR) is 75.4 cm³/mol. The Bertz CT molecular complexity index is 552. The molecule has 1 heterocycles. The summed E-state index contributed by atoms with van der Waals surface area (Å²) in [6.07, 6.45) is 0. The van der Waals surface area contributed by atoms with Gasteiger partial charge in [0, 0.05) is 0 Å². The highest BCUT2D eigenvalue weighted by Gasteiger charge is 2.10. The second-order valence-corrected chi connectivity index (χ2v) is 4.30. The summed E-state index contributed by atoms with van der Waals surface area (Å²) in [7, 11) is 0. The van der Waals surface area contributed by atoms with Gasteiger partial charge in [-0.15, -0.1) is 5.11 Å². The van der Waals surface area contributed by atoms with Crippen molar-refractivity contribution < 1.29 is 0 Å². The number of aromatic nitrogens is 2. The first-order valence-corrected chi connectivity index (χ1v) is 6.39. The molecule has 0 atom stereocenters. The first-order valence-electron chi connectivity index (χ1n) is 5.00. The standard InChI is InChI=1S/C11H8Cl2N4S/c12-10-9(11(13)15-8(6-18)14-10)17-16-7-4-2-1-3-5-7/h1-5,18H,6H2/b17-16+. The van der Waals surface area contributed by atoms with Crippen molar-refractivity contribution in [1.82, 2.24) is 9.97 Å². The van der Waals surface area contributed by atoms with Crippen LogP contribution in [0.1, 0.15) is 5.82 Å². The van der Waals surface area contributed by atoms with Gasteiger partial charge in [-0.05, 0) is 12.1 Å². The molecule has 2 rings (SSSR count). The van der Waals surface area contributed by atoms with Gasteiger partial charge in [-0.1, -0.05) is 41.4 Å². The van der Waals surface area contributed by atoms with Crippen LogP contribution in [-0.4, -0.2) is 9.97 Å². The van der Waals surface area contributed by atoms with Crippen LogP contribution in [0, 0.1) is 0 Å². The molecule has 2 aromatic rings.